The first-order chi connectivity index (χ1) is 9.84. The van der Waals surface area contributed by atoms with Crippen molar-refractivity contribution in [2.24, 2.45) is 5.41 Å². The summed E-state index contributed by atoms with van der Waals surface area (Å²) in [6.07, 6.45) is 2.83. The van der Waals surface area contributed by atoms with Gasteiger partial charge in [-0.1, -0.05) is 0 Å². The van der Waals surface area contributed by atoms with Gasteiger partial charge in [0.2, 0.25) is 5.91 Å². The fourth-order valence-electron chi connectivity index (χ4n) is 2.35. The summed E-state index contributed by atoms with van der Waals surface area (Å²) in [7, 11) is 1.57. The Morgan fingerprint density at radius 1 is 1.43 bits per heavy atom. The fourth-order valence-corrected chi connectivity index (χ4v) is 2.83. The Bertz CT molecular complexity index is 418. The van der Waals surface area contributed by atoms with Gasteiger partial charge in [0.1, 0.15) is 6.04 Å². The monoisotopic (exact) mass is 317 g/mol. The van der Waals surface area contributed by atoms with Gasteiger partial charge in [-0.25, -0.2) is 9.59 Å². The average molecular weight is 317 g/mol. The first-order valence-electron chi connectivity index (χ1n) is 6.83. The number of carbonyl (C=O) groups excluding carboxylic acids is 2. The molecule has 1 aliphatic rings. The summed E-state index contributed by atoms with van der Waals surface area (Å²) in [4.78, 5) is 36.6. The molecule has 0 aliphatic carbocycles. The second-order valence-electron chi connectivity index (χ2n) is 5.43. The van der Waals surface area contributed by atoms with Crippen molar-refractivity contribution in [3.63, 3.8) is 0 Å². The summed E-state index contributed by atoms with van der Waals surface area (Å²) in [5.74, 6) is -0.478. The Morgan fingerprint density at radius 2 is 2.10 bits per heavy atom. The molecule has 0 aromatic rings. The van der Waals surface area contributed by atoms with Crippen molar-refractivity contribution in [3.8, 4) is 0 Å². The molecule has 0 saturated carbocycles. The SMILES string of the molecule is CNC(=O)C1(C)CCN(C(=O)N[C@H](CCSC)C(=O)O)C1. The number of likely N-dealkylation sites (tertiary alicyclic amines) is 1. The van der Waals surface area contributed by atoms with Crippen molar-refractivity contribution in [2.45, 2.75) is 25.8 Å². The lowest BCUT2D eigenvalue weighted by Crippen LogP contribution is -2.48. The van der Waals surface area contributed by atoms with Crippen molar-refractivity contribution in [2.75, 3.05) is 32.1 Å². The van der Waals surface area contributed by atoms with E-state index in [1.807, 2.05) is 13.2 Å². The van der Waals surface area contributed by atoms with Crippen molar-refractivity contribution in [1.29, 1.82) is 0 Å². The molecule has 8 heteroatoms. The molecule has 1 saturated heterocycles. The molecule has 0 bridgehead atoms. The lowest BCUT2D eigenvalue weighted by Gasteiger charge is -2.24. The molecule has 1 aliphatic heterocycles. The quantitative estimate of drug-likeness (QED) is 0.657. The number of thioether (sulfide) groups is 1. The number of hydrogen-bond donors (Lipinski definition) is 3. The molecule has 21 heavy (non-hydrogen) atoms. The standard InChI is InChI=1S/C13H23N3O4S/c1-13(11(19)14-2)5-6-16(8-13)12(20)15-9(10(17)18)4-7-21-3/h9H,4-8H2,1-3H3,(H,14,19)(H,15,20)(H,17,18)/t9-,13?/m1/s1. The molecule has 120 valence electrons. The highest BCUT2D eigenvalue weighted by Gasteiger charge is 2.42. The van der Waals surface area contributed by atoms with E-state index in [1.165, 1.54) is 16.7 Å². The van der Waals surface area contributed by atoms with Crippen LogP contribution in [0.2, 0.25) is 0 Å². The van der Waals surface area contributed by atoms with Gasteiger partial charge in [0.15, 0.2) is 0 Å². The van der Waals surface area contributed by atoms with Crippen LogP contribution in [0, 0.1) is 5.41 Å². The summed E-state index contributed by atoms with van der Waals surface area (Å²) in [6, 6.07) is -1.31. The summed E-state index contributed by atoms with van der Waals surface area (Å²) >= 11 is 1.53. The van der Waals surface area contributed by atoms with E-state index in [0.29, 0.717) is 31.7 Å². The molecule has 0 radical (unpaired) electrons. The van der Waals surface area contributed by atoms with Crippen LogP contribution in [0.3, 0.4) is 0 Å². The van der Waals surface area contributed by atoms with E-state index in [9.17, 15) is 14.4 Å². The first kappa shape index (κ1) is 17.6. The van der Waals surface area contributed by atoms with E-state index < -0.39 is 23.5 Å². The highest BCUT2D eigenvalue weighted by molar-refractivity contribution is 7.98. The number of nitrogens with one attached hydrogen (secondary N) is 2. The molecule has 7 nitrogen and oxygen atoms in total. The number of nitrogens with zero attached hydrogens (tertiary/aromatic N) is 1. The predicted octanol–water partition coefficient (Wildman–Crippen LogP) is 0.360. The highest BCUT2D eigenvalue weighted by Crippen LogP contribution is 2.30. The second-order valence-corrected chi connectivity index (χ2v) is 6.42. The van der Waals surface area contributed by atoms with E-state index in [2.05, 4.69) is 10.6 Å². The summed E-state index contributed by atoms with van der Waals surface area (Å²) in [6.45, 7) is 2.56. The zero-order valence-electron chi connectivity index (χ0n) is 12.6. The van der Waals surface area contributed by atoms with Gasteiger partial charge in [-0.2, -0.15) is 11.8 Å². The van der Waals surface area contributed by atoms with E-state index in [1.54, 1.807) is 7.05 Å². The first-order valence-corrected chi connectivity index (χ1v) is 8.23. The van der Waals surface area contributed by atoms with Crippen LogP contribution in [-0.4, -0.2) is 66.1 Å². The van der Waals surface area contributed by atoms with Gasteiger partial charge in [0, 0.05) is 20.1 Å². The van der Waals surface area contributed by atoms with E-state index in [0.717, 1.165) is 0 Å². The van der Waals surface area contributed by atoms with E-state index in [-0.39, 0.29) is 5.91 Å². The lowest BCUT2D eigenvalue weighted by molar-refractivity contribution is -0.139. The largest absolute Gasteiger partial charge is 0.480 e. The number of amides is 3. The van der Waals surface area contributed by atoms with Crippen molar-refractivity contribution in [3.05, 3.63) is 0 Å². The maximum Gasteiger partial charge on any atom is 0.326 e. The van der Waals surface area contributed by atoms with Gasteiger partial charge in [0.05, 0.1) is 5.41 Å². The zero-order valence-corrected chi connectivity index (χ0v) is 13.5. The van der Waals surface area contributed by atoms with Crippen LogP contribution in [0.4, 0.5) is 4.79 Å². The van der Waals surface area contributed by atoms with Crippen LogP contribution in [-0.2, 0) is 9.59 Å². The number of aliphatic carboxylic acids is 1. The van der Waals surface area contributed by atoms with Crippen molar-refractivity contribution < 1.29 is 19.5 Å². The summed E-state index contributed by atoms with van der Waals surface area (Å²) in [5.41, 5.74) is -0.607. The Morgan fingerprint density at radius 3 is 2.62 bits per heavy atom. The molecule has 1 fully saturated rings. The van der Waals surface area contributed by atoms with Crippen LogP contribution < -0.4 is 10.6 Å². The van der Waals surface area contributed by atoms with Crippen LogP contribution in [0.5, 0.6) is 0 Å². The van der Waals surface area contributed by atoms with Crippen LogP contribution in [0.25, 0.3) is 0 Å². The zero-order chi connectivity index (χ0) is 16.0. The Kier molecular flexibility index (Phi) is 6.32. The molecule has 2 atom stereocenters. The molecular weight excluding hydrogens is 294 g/mol. The minimum atomic E-state index is -1.04. The van der Waals surface area contributed by atoms with Gasteiger partial charge < -0.3 is 20.6 Å². The van der Waals surface area contributed by atoms with Crippen LogP contribution in [0.1, 0.15) is 19.8 Å². The maximum atomic E-state index is 12.1. The number of hydrogen-bond acceptors (Lipinski definition) is 4. The van der Waals surface area contributed by atoms with E-state index in [4.69, 9.17) is 5.11 Å². The molecule has 0 spiro atoms. The smallest absolute Gasteiger partial charge is 0.326 e. The Labute approximate surface area is 128 Å². The van der Waals surface area contributed by atoms with Crippen molar-refractivity contribution in [1.82, 2.24) is 15.5 Å². The molecule has 1 unspecified atom stereocenters. The minimum Gasteiger partial charge on any atom is -0.480 e. The second kappa shape index (κ2) is 7.53. The minimum absolute atomic E-state index is 0.102. The number of rotatable bonds is 6. The van der Waals surface area contributed by atoms with E-state index >= 15 is 0 Å². The van der Waals surface area contributed by atoms with Gasteiger partial charge in [-0.15, -0.1) is 0 Å². The molecule has 1 heterocycles. The van der Waals surface area contributed by atoms with Crippen LogP contribution >= 0.6 is 11.8 Å². The topological polar surface area (TPSA) is 98.7 Å². The Hall–Kier alpha value is -1.44. The summed E-state index contributed by atoms with van der Waals surface area (Å²) in [5, 5.41) is 14.2. The third kappa shape index (κ3) is 4.52. The number of carbonyl (C=O) groups is 3. The molecular formula is C13H23N3O4S. The molecule has 3 N–H and O–H groups in total. The third-order valence-electron chi connectivity index (χ3n) is 3.74. The predicted molar refractivity (Wildman–Crippen MR) is 81.3 cm³/mol. The van der Waals surface area contributed by atoms with Crippen LogP contribution in [0.15, 0.2) is 0 Å². The molecule has 0 aromatic heterocycles. The highest BCUT2D eigenvalue weighted by atomic mass is 32.2. The average Bonchev–Trinajstić information content (AvgIpc) is 2.85. The third-order valence-corrected chi connectivity index (χ3v) is 4.39. The molecule has 1 rings (SSSR count). The number of carboxylic acids is 1. The number of urea groups is 1. The summed E-state index contributed by atoms with van der Waals surface area (Å²) < 4.78 is 0. The molecule has 3 amide bonds. The van der Waals surface area contributed by atoms with Crippen molar-refractivity contribution >= 4 is 29.7 Å². The number of carboxylic acid groups (broad SMARTS) is 1. The van der Waals surface area contributed by atoms with Gasteiger partial charge >= 0.3 is 12.0 Å². The molecule has 0 aromatic carbocycles. The lowest BCUT2D eigenvalue weighted by atomic mass is 9.89. The fraction of sp³-hybridized carbons (Fsp3) is 0.769. The normalized spacial score (nSPS) is 22.7. The van der Waals surface area contributed by atoms with Gasteiger partial charge in [-0.3, -0.25) is 4.79 Å². The maximum absolute atomic E-state index is 12.1. The van der Waals surface area contributed by atoms with Gasteiger partial charge in [0.25, 0.3) is 0 Å². The Balaban J connectivity index is 2.60. The van der Waals surface area contributed by atoms with Gasteiger partial charge in [-0.05, 0) is 31.8 Å².